The normalized spacial score (nSPS) is 13.3. The van der Waals surface area contributed by atoms with Crippen LogP contribution in [-0.2, 0) is 25.9 Å². The average molecular weight is 393 g/mol. The van der Waals surface area contributed by atoms with Gasteiger partial charge in [-0.05, 0) is 41.7 Å². The van der Waals surface area contributed by atoms with Crippen molar-refractivity contribution in [2.75, 3.05) is 11.4 Å². The second-order valence-corrected chi connectivity index (χ2v) is 7.94. The van der Waals surface area contributed by atoms with E-state index in [0.29, 0.717) is 6.42 Å². The number of nitrogens with zero attached hydrogens (tertiary/aromatic N) is 4. The standard InChI is InChI=1S/C26H24N4/c1-19-23(11-14-27)24-12-15-28-26(25(24)30(19)17-20-7-3-2-4-8-20)29-16-13-21-9-5-6-10-22(21)18-29/h2-10,12,15H,11,13,16-18H2,1H3. The Balaban J connectivity index is 1.66. The second-order valence-electron chi connectivity index (χ2n) is 7.94. The zero-order valence-corrected chi connectivity index (χ0v) is 17.2. The minimum absolute atomic E-state index is 0.413. The minimum atomic E-state index is 0.413. The highest BCUT2D eigenvalue weighted by molar-refractivity contribution is 5.94. The maximum atomic E-state index is 9.44. The van der Waals surface area contributed by atoms with Crippen molar-refractivity contribution in [1.82, 2.24) is 9.55 Å². The largest absolute Gasteiger partial charge is 0.350 e. The molecule has 0 fully saturated rings. The number of anilines is 1. The second kappa shape index (κ2) is 7.68. The van der Waals surface area contributed by atoms with E-state index in [9.17, 15) is 5.26 Å². The van der Waals surface area contributed by atoms with Crippen molar-refractivity contribution in [2.24, 2.45) is 0 Å². The fourth-order valence-electron chi connectivity index (χ4n) is 4.65. The Labute approximate surface area is 177 Å². The van der Waals surface area contributed by atoms with Gasteiger partial charge in [-0.3, -0.25) is 0 Å². The summed E-state index contributed by atoms with van der Waals surface area (Å²) >= 11 is 0. The summed E-state index contributed by atoms with van der Waals surface area (Å²) < 4.78 is 2.35. The smallest absolute Gasteiger partial charge is 0.153 e. The van der Waals surface area contributed by atoms with Gasteiger partial charge in [-0.25, -0.2) is 4.98 Å². The van der Waals surface area contributed by atoms with Gasteiger partial charge in [0.1, 0.15) is 0 Å². The maximum Gasteiger partial charge on any atom is 0.153 e. The fourth-order valence-corrected chi connectivity index (χ4v) is 4.65. The number of hydrogen-bond donors (Lipinski definition) is 0. The molecule has 4 nitrogen and oxygen atoms in total. The molecule has 3 heterocycles. The number of rotatable bonds is 4. The van der Waals surface area contributed by atoms with Crippen LogP contribution in [0.5, 0.6) is 0 Å². The van der Waals surface area contributed by atoms with Gasteiger partial charge in [-0.1, -0.05) is 54.6 Å². The first kappa shape index (κ1) is 18.4. The molecule has 0 amide bonds. The van der Waals surface area contributed by atoms with Crippen molar-refractivity contribution in [3.8, 4) is 6.07 Å². The molecule has 1 aliphatic rings. The molecule has 0 saturated heterocycles. The van der Waals surface area contributed by atoms with Crippen LogP contribution in [0.3, 0.4) is 0 Å². The quantitative estimate of drug-likeness (QED) is 0.490. The Morgan fingerprint density at radius 3 is 2.57 bits per heavy atom. The molecule has 1 aliphatic heterocycles. The van der Waals surface area contributed by atoms with Crippen LogP contribution >= 0.6 is 0 Å². The molecule has 2 aromatic heterocycles. The Kier molecular flexibility index (Phi) is 4.72. The highest BCUT2D eigenvalue weighted by Gasteiger charge is 2.23. The number of hydrogen-bond acceptors (Lipinski definition) is 3. The Hall–Kier alpha value is -3.58. The van der Waals surface area contributed by atoms with E-state index in [1.54, 1.807) is 0 Å². The third kappa shape index (κ3) is 3.13. The van der Waals surface area contributed by atoms with Gasteiger partial charge in [0.15, 0.2) is 5.82 Å². The van der Waals surface area contributed by atoms with Crippen molar-refractivity contribution in [1.29, 1.82) is 5.26 Å². The van der Waals surface area contributed by atoms with E-state index in [1.807, 2.05) is 12.3 Å². The molecule has 5 rings (SSSR count). The molecular formula is C26H24N4. The monoisotopic (exact) mass is 392 g/mol. The summed E-state index contributed by atoms with van der Waals surface area (Å²) in [5.74, 6) is 1.02. The summed E-state index contributed by atoms with van der Waals surface area (Å²) in [5.41, 5.74) is 7.47. The van der Waals surface area contributed by atoms with Gasteiger partial charge in [0.2, 0.25) is 0 Å². The summed E-state index contributed by atoms with van der Waals surface area (Å²) in [7, 11) is 0. The third-order valence-electron chi connectivity index (χ3n) is 6.21. The number of aromatic nitrogens is 2. The molecule has 0 unspecified atom stereocenters. The number of fused-ring (bicyclic) bond motifs is 2. The highest BCUT2D eigenvalue weighted by atomic mass is 15.2. The lowest BCUT2D eigenvalue weighted by Crippen LogP contribution is -2.31. The van der Waals surface area contributed by atoms with Crippen molar-refractivity contribution >= 4 is 16.7 Å². The van der Waals surface area contributed by atoms with E-state index in [2.05, 4.69) is 77.1 Å². The molecule has 0 spiro atoms. The van der Waals surface area contributed by atoms with E-state index in [-0.39, 0.29) is 0 Å². The van der Waals surface area contributed by atoms with Crippen LogP contribution < -0.4 is 4.90 Å². The molecule has 4 heteroatoms. The van der Waals surface area contributed by atoms with E-state index in [1.165, 1.54) is 16.7 Å². The topological polar surface area (TPSA) is 44.9 Å². The van der Waals surface area contributed by atoms with Crippen LogP contribution in [0.1, 0.15) is 27.9 Å². The first-order chi connectivity index (χ1) is 14.8. The predicted molar refractivity (Wildman–Crippen MR) is 121 cm³/mol. The van der Waals surface area contributed by atoms with Crippen LogP contribution in [-0.4, -0.2) is 16.1 Å². The van der Waals surface area contributed by atoms with Crippen molar-refractivity contribution < 1.29 is 0 Å². The first-order valence-corrected chi connectivity index (χ1v) is 10.5. The molecule has 30 heavy (non-hydrogen) atoms. The molecule has 0 N–H and O–H groups in total. The van der Waals surface area contributed by atoms with Crippen molar-refractivity contribution in [3.63, 3.8) is 0 Å². The van der Waals surface area contributed by atoms with Crippen LogP contribution in [0.2, 0.25) is 0 Å². The SMILES string of the molecule is Cc1c(CC#N)c2ccnc(N3CCc4ccccc4C3)c2n1Cc1ccccc1. The Morgan fingerprint density at radius 2 is 1.77 bits per heavy atom. The number of pyridine rings is 1. The number of nitriles is 1. The van der Waals surface area contributed by atoms with Gasteiger partial charge in [0, 0.05) is 36.9 Å². The Morgan fingerprint density at radius 1 is 1.00 bits per heavy atom. The molecule has 148 valence electrons. The molecule has 0 atom stereocenters. The van der Waals surface area contributed by atoms with E-state index in [0.717, 1.165) is 54.0 Å². The van der Waals surface area contributed by atoms with E-state index in [4.69, 9.17) is 4.98 Å². The lowest BCUT2D eigenvalue weighted by atomic mass is 10.00. The van der Waals surface area contributed by atoms with Crippen LogP contribution in [0, 0.1) is 18.3 Å². The molecule has 0 radical (unpaired) electrons. The zero-order chi connectivity index (χ0) is 20.5. The molecular weight excluding hydrogens is 368 g/mol. The summed E-state index contributed by atoms with van der Waals surface area (Å²) in [6.45, 7) is 4.72. The zero-order valence-electron chi connectivity index (χ0n) is 17.2. The lowest BCUT2D eigenvalue weighted by molar-refractivity contribution is 0.717. The van der Waals surface area contributed by atoms with Gasteiger partial charge < -0.3 is 9.47 Å². The summed E-state index contributed by atoms with van der Waals surface area (Å²) in [6, 6.07) is 23.6. The Bertz CT molecular complexity index is 1250. The summed E-state index contributed by atoms with van der Waals surface area (Å²) in [5, 5.41) is 10.6. The molecule has 4 aromatic rings. The van der Waals surface area contributed by atoms with Gasteiger partial charge in [-0.2, -0.15) is 5.26 Å². The van der Waals surface area contributed by atoms with Crippen LogP contribution in [0.4, 0.5) is 5.82 Å². The third-order valence-corrected chi connectivity index (χ3v) is 6.21. The van der Waals surface area contributed by atoms with E-state index >= 15 is 0 Å². The number of benzene rings is 2. The summed E-state index contributed by atoms with van der Waals surface area (Å²) in [4.78, 5) is 7.23. The maximum absolute atomic E-state index is 9.44. The molecule has 0 saturated carbocycles. The lowest BCUT2D eigenvalue weighted by Gasteiger charge is -2.30. The fraction of sp³-hybridized carbons (Fsp3) is 0.231. The molecule has 0 bridgehead atoms. The van der Waals surface area contributed by atoms with Crippen molar-refractivity contribution in [3.05, 3.63) is 94.8 Å². The molecule has 0 aliphatic carbocycles. The molecule has 2 aromatic carbocycles. The van der Waals surface area contributed by atoms with Gasteiger partial charge in [-0.15, -0.1) is 0 Å². The first-order valence-electron chi connectivity index (χ1n) is 10.5. The highest BCUT2D eigenvalue weighted by Crippen LogP contribution is 2.35. The van der Waals surface area contributed by atoms with Crippen molar-refractivity contribution in [2.45, 2.75) is 32.9 Å². The average Bonchev–Trinajstić information content (AvgIpc) is 3.06. The van der Waals surface area contributed by atoms with Gasteiger partial charge in [0.25, 0.3) is 0 Å². The van der Waals surface area contributed by atoms with Gasteiger partial charge in [0.05, 0.1) is 18.0 Å². The predicted octanol–water partition coefficient (Wildman–Crippen LogP) is 5.02. The van der Waals surface area contributed by atoms with Crippen LogP contribution in [0.25, 0.3) is 10.9 Å². The van der Waals surface area contributed by atoms with Crippen LogP contribution in [0.15, 0.2) is 66.9 Å². The minimum Gasteiger partial charge on any atom is -0.350 e. The van der Waals surface area contributed by atoms with Gasteiger partial charge >= 0.3 is 0 Å². The summed E-state index contributed by atoms with van der Waals surface area (Å²) in [6.07, 6.45) is 3.33. The van der Waals surface area contributed by atoms with E-state index < -0.39 is 0 Å².